The second-order valence-corrected chi connectivity index (χ2v) is 10.5. The number of unbranched alkanes of at least 4 members (excludes halogenated alkanes) is 12. The van der Waals surface area contributed by atoms with Crippen LogP contribution in [0.5, 0.6) is 0 Å². The Morgan fingerprint density at radius 2 is 1.48 bits per heavy atom. The minimum absolute atomic E-state index is 0.0430. The van der Waals surface area contributed by atoms with Gasteiger partial charge in [0, 0.05) is 18.5 Å². The third-order valence-corrected chi connectivity index (χ3v) is 7.39. The number of aliphatic hydroxyl groups is 1. The van der Waals surface area contributed by atoms with Crippen LogP contribution in [0.1, 0.15) is 96.8 Å². The monoisotopic (exact) mass is 404 g/mol. The number of esters is 1. The maximum absolute atomic E-state index is 11.8. The Balaban J connectivity index is 1.83. The quantitative estimate of drug-likeness (QED) is 0.186. The maximum Gasteiger partial charge on any atom is 0.305 e. The molecule has 160 valence electrons. The molecular weight excluding hydrogens is 363 g/mol. The third-order valence-electron chi connectivity index (χ3n) is 5.26. The molecule has 1 rings (SSSR count). The van der Waals surface area contributed by atoms with Crippen LogP contribution in [-0.4, -0.2) is 36.8 Å². The molecule has 1 heterocycles. The largest absolute Gasteiger partial charge is 0.465 e. The van der Waals surface area contributed by atoms with Gasteiger partial charge in [0.1, 0.15) is 6.35 Å². The highest BCUT2D eigenvalue weighted by atomic mass is 31.2. The van der Waals surface area contributed by atoms with Crippen LogP contribution in [0.2, 0.25) is 0 Å². The molecule has 0 radical (unpaired) electrons. The second kappa shape index (κ2) is 15.5. The van der Waals surface area contributed by atoms with Crippen molar-refractivity contribution in [2.75, 3.05) is 25.7 Å². The molecule has 0 aromatic heterocycles. The lowest BCUT2D eigenvalue weighted by atomic mass is 10.0. The Morgan fingerprint density at radius 3 is 1.96 bits per heavy atom. The van der Waals surface area contributed by atoms with E-state index in [1.54, 1.807) is 0 Å². The Bertz CT molecular complexity index is 427. The molecule has 1 fully saturated rings. The predicted octanol–water partition coefficient (Wildman–Crippen LogP) is 5.89. The van der Waals surface area contributed by atoms with Crippen LogP contribution < -0.4 is 0 Å². The fourth-order valence-electron chi connectivity index (χ4n) is 3.51. The first kappa shape index (κ1) is 24.7. The summed E-state index contributed by atoms with van der Waals surface area (Å²) in [5.41, 5.74) is 0. The van der Waals surface area contributed by atoms with Gasteiger partial charge in [-0.2, -0.15) is 0 Å². The molecule has 2 unspecified atom stereocenters. The predicted molar refractivity (Wildman–Crippen MR) is 110 cm³/mol. The number of carbonyl (C=O) groups excluding carboxylic acids is 1. The molecule has 1 aliphatic heterocycles. The molecule has 0 bridgehead atoms. The number of ether oxygens (including phenoxy) is 1. The molecule has 0 saturated carbocycles. The Hall–Kier alpha value is -0.380. The Morgan fingerprint density at radius 1 is 0.963 bits per heavy atom. The SMILES string of the molecule is CCCCCCCCCCCCCCCC(=O)OCC1COP(=O)(CO)C1. The standard InChI is InChI=1S/C21H41O5P/c1-2-3-4-5-6-7-8-9-10-11-12-13-14-15-21(23)25-16-20-17-26-27(24,18-20)19-22/h20,22H,2-19H2,1H3. The fraction of sp³-hybridized carbons (Fsp3) is 0.952. The van der Waals surface area contributed by atoms with Gasteiger partial charge in [-0.05, 0) is 6.42 Å². The van der Waals surface area contributed by atoms with E-state index in [0.29, 0.717) is 19.2 Å². The molecule has 1 N–H and O–H groups in total. The van der Waals surface area contributed by atoms with Crippen molar-refractivity contribution in [3.05, 3.63) is 0 Å². The zero-order valence-corrected chi connectivity index (χ0v) is 18.2. The normalized spacial score (nSPS) is 22.2. The molecule has 1 saturated heterocycles. The summed E-state index contributed by atoms with van der Waals surface area (Å²) in [5, 5.41) is 9.01. The van der Waals surface area contributed by atoms with E-state index in [1.807, 2.05) is 0 Å². The topological polar surface area (TPSA) is 72.8 Å². The Labute approximate surface area is 166 Å². The van der Waals surface area contributed by atoms with Crippen LogP contribution in [0, 0.1) is 5.92 Å². The number of rotatable bonds is 17. The fourth-order valence-corrected chi connectivity index (χ4v) is 5.29. The highest BCUT2D eigenvalue weighted by molar-refractivity contribution is 7.59. The summed E-state index contributed by atoms with van der Waals surface area (Å²) >= 11 is 0. The summed E-state index contributed by atoms with van der Waals surface area (Å²) < 4.78 is 22.2. The van der Waals surface area contributed by atoms with Crippen LogP contribution in [0.15, 0.2) is 0 Å². The van der Waals surface area contributed by atoms with Crippen LogP contribution in [-0.2, 0) is 18.6 Å². The molecule has 6 heteroatoms. The number of hydrogen-bond acceptors (Lipinski definition) is 5. The van der Waals surface area contributed by atoms with Gasteiger partial charge >= 0.3 is 5.97 Å². The van der Waals surface area contributed by atoms with Crippen molar-refractivity contribution in [1.82, 2.24) is 0 Å². The molecule has 0 aliphatic carbocycles. The number of aliphatic hydroxyl groups excluding tert-OH is 1. The number of carbonyl (C=O) groups is 1. The van der Waals surface area contributed by atoms with E-state index >= 15 is 0 Å². The highest BCUT2D eigenvalue weighted by Crippen LogP contribution is 2.52. The molecule has 1 aliphatic rings. The van der Waals surface area contributed by atoms with Crippen LogP contribution in [0.4, 0.5) is 0 Å². The first-order valence-electron chi connectivity index (χ1n) is 11.1. The molecule has 27 heavy (non-hydrogen) atoms. The van der Waals surface area contributed by atoms with Crippen molar-refractivity contribution >= 4 is 13.3 Å². The third kappa shape index (κ3) is 12.6. The van der Waals surface area contributed by atoms with E-state index in [9.17, 15) is 9.36 Å². The van der Waals surface area contributed by atoms with Crippen molar-refractivity contribution in [3.8, 4) is 0 Å². The molecule has 0 amide bonds. The lowest BCUT2D eigenvalue weighted by molar-refractivity contribution is -0.145. The smallest absolute Gasteiger partial charge is 0.305 e. The van der Waals surface area contributed by atoms with Gasteiger partial charge in [-0.15, -0.1) is 0 Å². The summed E-state index contributed by atoms with van der Waals surface area (Å²) in [5.74, 6) is -0.220. The molecule has 0 aromatic carbocycles. The first-order chi connectivity index (χ1) is 13.1. The van der Waals surface area contributed by atoms with Crippen molar-refractivity contribution in [2.24, 2.45) is 5.92 Å². The first-order valence-corrected chi connectivity index (χ1v) is 13.1. The van der Waals surface area contributed by atoms with Crippen LogP contribution in [0.25, 0.3) is 0 Å². The zero-order chi connectivity index (χ0) is 19.8. The van der Waals surface area contributed by atoms with E-state index in [4.69, 9.17) is 14.4 Å². The lowest BCUT2D eigenvalue weighted by Crippen LogP contribution is -2.16. The average Bonchev–Trinajstić information content (AvgIpc) is 3.06. The van der Waals surface area contributed by atoms with Crippen molar-refractivity contribution in [2.45, 2.75) is 96.8 Å². The van der Waals surface area contributed by atoms with E-state index < -0.39 is 13.7 Å². The van der Waals surface area contributed by atoms with Gasteiger partial charge < -0.3 is 14.4 Å². The summed E-state index contributed by atoms with van der Waals surface area (Å²) in [6, 6.07) is 0. The van der Waals surface area contributed by atoms with Gasteiger partial charge in [0.15, 0.2) is 0 Å². The summed E-state index contributed by atoms with van der Waals surface area (Å²) in [4.78, 5) is 11.8. The minimum Gasteiger partial charge on any atom is -0.465 e. The van der Waals surface area contributed by atoms with Gasteiger partial charge in [-0.1, -0.05) is 84.0 Å². The van der Waals surface area contributed by atoms with Gasteiger partial charge in [-0.3, -0.25) is 9.36 Å². The van der Waals surface area contributed by atoms with Crippen LogP contribution in [0.3, 0.4) is 0 Å². The van der Waals surface area contributed by atoms with E-state index in [-0.39, 0.29) is 18.5 Å². The second-order valence-electron chi connectivity index (χ2n) is 7.98. The summed E-state index contributed by atoms with van der Waals surface area (Å²) in [7, 11) is -2.85. The number of hydrogen-bond donors (Lipinski definition) is 1. The van der Waals surface area contributed by atoms with Crippen molar-refractivity contribution < 1.29 is 23.7 Å². The van der Waals surface area contributed by atoms with Gasteiger partial charge in [0.2, 0.25) is 7.37 Å². The van der Waals surface area contributed by atoms with Gasteiger partial charge in [-0.25, -0.2) is 0 Å². The maximum atomic E-state index is 11.8. The average molecular weight is 405 g/mol. The van der Waals surface area contributed by atoms with E-state index in [2.05, 4.69) is 6.92 Å². The molecular formula is C21H41O5P. The van der Waals surface area contributed by atoms with Gasteiger partial charge in [0.05, 0.1) is 13.2 Å². The van der Waals surface area contributed by atoms with Crippen molar-refractivity contribution in [1.29, 1.82) is 0 Å². The van der Waals surface area contributed by atoms with Gasteiger partial charge in [0.25, 0.3) is 0 Å². The van der Waals surface area contributed by atoms with Crippen molar-refractivity contribution in [3.63, 3.8) is 0 Å². The lowest BCUT2D eigenvalue weighted by Gasteiger charge is -2.09. The molecule has 0 spiro atoms. The van der Waals surface area contributed by atoms with E-state index in [1.165, 1.54) is 70.6 Å². The molecule has 2 atom stereocenters. The van der Waals surface area contributed by atoms with Crippen LogP contribution >= 0.6 is 7.37 Å². The zero-order valence-electron chi connectivity index (χ0n) is 17.3. The summed E-state index contributed by atoms with van der Waals surface area (Å²) in [6.07, 6.45) is 17.1. The summed E-state index contributed by atoms with van der Waals surface area (Å²) in [6.45, 7) is 2.82. The Kier molecular flexibility index (Phi) is 14.2. The molecule has 0 aromatic rings. The highest BCUT2D eigenvalue weighted by Gasteiger charge is 2.35. The minimum atomic E-state index is -2.85. The molecule has 5 nitrogen and oxygen atoms in total. The van der Waals surface area contributed by atoms with E-state index in [0.717, 1.165) is 12.8 Å².